The fourth-order valence-electron chi connectivity index (χ4n) is 2.89. The van der Waals surface area contributed by atoms with Gasteiger partial charge in [-0.1, -0.05) is 70.4 Å². The molecule has 0 aliphatic carbocycles. The number of unbranched alkanes of at least 4 members (excludes halogenated alkanes) is 11. The van der Waals surface area contributed by atoms with Gasteiger partial charge in [0.2, 0.25) is 5.91 Å². The van der Waals surface area contributed by atoms with Crippen LogP contribution in [0.5, 0.6) is 0 Å². The van der Waals surface area contributed by atoms with Crippen LogP contribution in [0.4, 0.5) is 0 Å². The van der Waals surface area contributed by atoms with E-state index in [1.807, 2.05) is 0 Å². The molecule has 0 aliphatic rings. The highest BCUT2D eigenvalue weighted by atomic mass is 16.5. The fraction of sp³-hybridized carbons (Fsp3) is 0.864. The van der Waals surface area contributed by atoms with Gasteiger partial charge in [0.1, 0.15) is 0 Å². The molecule has 0 unspecified atom stereocenters. The predicted octanol–water partition coefficient (Wildman–Crippen LogP) is 6.18. The van der Waals surface area contributed by atoms with E-state index in [0.29, 0.717) is 13.0 Å². The minimum Gasteiger partial charge on any atom is -0.385 e. The molecule has 0 aliphatic heterocycles. The number of allylic oxidation sites excluding steroid dienone is 2. The van der Waals surface area contributed by atoms with Gasteiger partial charge in [-0.2, -0.15) is 0 Å². The van der Waals surface area contributed by atoms with E-state index in [1.54, 1.807) is 7.11 Å². The van der Waals surface area contributed by atoms with Gasteiger partial charge in [0.25, 0.3) is 0 Å². The van der Waals surface area contributed by atoms with Crippen molar-refractivity contribution in [1.82, 2.24) is 5.32 Å². The van der Waals surface area contributed by atoms with Crippen LogP contribution in [-0.4, -0.2) is 26.2 Å². The van der Waals surface area contributed by atoms with Crippen molar-refractivity contribution in [2.24, 2.45) is 0 Å². The molecule has 0 rings (SSSR count). The second kappa shape index (κ2) is 21.2. The van der Waals surface area contributed by atoms with Gasteiger partial charge < -0.3 is 10.1 Å². The molecule has 0 bridgehead atoms. The third-order valence-corrected chi connectivity index (χ3v) is 4.51. The van der Waals surface area contributed by atoms with E-state index in [1.165, 1.54) is 77.0 Å². The third-order valence-electron chi connectivity index (χ3n) is 4.51. The lowest BCUT2D eigenvalue weighted by atomic mass is 10.1. The number of hydrogen-bond donors (Lipinski definition) is 1. The monoisotopic (exact) mass is 353 g/mol. The molecule has 0 aromatic heterocycles. The second-order valence-electron chi connectivity index (χ2n) is 7.03. The summed E-state index contributed by atoms with van der Waals surface area (Å²) in [6.07, 6.45) is 23.1. The molecule has 0 atom stereocenters. The summed E-state index contributed by atoms with van der Waals surface area (Å²) in [6, 6.07) is 0. The zero-order valence-corrected chi connectivity index (χ0v) is 17.0. The minimum absolute atomic E-state index is 0.189. The maximum atomic E-state index is 11.6. The summed E-state index contributed by atoms with van der Waals surface area (Å²) in [5.74, 6) is 0.189. The predicted molar refractivity (Wildman–Crippen MR) is 109 cm³/mol. The highest BCUT2D eigenvalue weighted by Gasteiger charge is 2.00. The Morgan fingerprint density at radius 1 is 0.800 bits per heavy atom. The number of carbonyl (C=O) groups excluding carboxylic acids is 1. The van der Waals surface area contributed by atoms with Crippen LogP contribution in [-0.2, 0) is 9.53 Å². The van der Waals surface area contributed by atoms with Crippen LogP contribution in [0.1, 0.15) is 103 Å². The average molecular weight is 354 g/mol. The van der Waals surface area contributed by atoms with E-state index in [0.717, 1.165) is 19.4 Å². The van der Waals surface area contributed by atoms with Crippen LogP contribution in [0, 0.1) is 0 Å². The summed E-state index contributed by atoms with van der Waals surface area (Å²) in [4.78, 5) is 11.6. The first-order chi connectivity index (χ1) is 12.3. The summed E-state index contributed by atoms with van der Waals surface area (Å²) < 4.78 is 4.96. The van der Waals surface area contributed by atoms with Crippen molar-refractivity contribution in [2.45, 2.75) is 103 Å². The molecule has 0 saturated heterocycles. The van der Waals surface area contributed by atoms with Crippen molar-refractivity contribution in [1.29, 1.82) is 0 Å². The Balaban J connectivity index is 3.17. The molecule has 25 heavy (non-hydrogen) atoms. The van der Waals surface area contributed by atoms with Crippen LogP contribution in [0.15, 0.2) is 12.2 Å². The molecule has 0 aromatic rings. The highest BCUT2D eigenvalue weighted by Crippen LogP contribution is 2.09. The van der Waals surface area contributed by atoms with Gasteiger partial charge in [0.05, 0.1) is 0 Å². The molecule has 0 heterocycles. The molecule has 1 N–H and O–H groups in total. The number of hydrogen-bond acceptors (Lipinski definition) is 2. The van der Waals surface area contributed by atoms with Crippen LogP contribution in [0.25, 0.3) is 0 Å². The van der Waals surface area contributed by atoms with Crippen molar-refractivity contribution in [3.8, 4) is 0 Å². The molecule has 148 valence electrons. The van der Waals surface area contributed by atoms with E-state index in [-0.39, 0.29) is 5.91 Å². The van der Waals surface area contributed by atoms with Gasteiger partial charge in [-0.15, -0.1) is 0 Å². The summed E-state index contributed by atoms with van der Waals surface area (Å²) in [5.41, 5.74) is 0. The first-order valence-corrected chi connectivity index (χ1v) is 10.7. The zero-order chi connectivity index (χ0) is 18.4. The Labute approximate surface area is 157 Å². The third kappa shape index (κ3) is 21.1. The Bertz CT molecular complexity index is 302. The Morgan fingerprint density at radius 3 is 1.96 bits per heavy atom. The number of nitrogens with one attached hydrogen (secondary N) is 1. The van der Waals surface area contributed by atoms with Crippen molar-refractivity contribution < 1.29 is 9.53 Å². The molecule has 0 aromatic carbocycles. The SMILES string of the molecule is CCCCCCCC/C=C/CCCCCCCC(=O)NCCCOC. The van der Waals surface area contributed by atoms with Gasteiger partial charge in [0, 0.05) is 26.7 Å². The van der Waals surface area contributed by atoms with Crippen molar-refractivity contribution in [2.75, 3.05) is 20.3 Å². The molecule has 0 spiro atoms. The van der Waals surface area contributed by atoms with Crippen molar-refractivity contribution in [3.63, 3.8) is 0 Å². The van der Waals surface area contributed by atoms with Crippen LogP contribution >= 0.6 is 0 Å². The molecular formula is C22H43NO2. The molecule has 1 amide bonds. The van der Waals surface area contributed by atoms with E-state index >= 15 is 0 Å². The first kappa shape index (κ1) is 24.2. The van der Waals surface area contributed by atoms with E-state index in [4.69, 9.17) is 4.74 Å². The molecule has 3 nitrogen and oxygen atoms in total. The topological polar surface area (TPSA) is 38.3 Å². The molecule has 0 radical (unpaired) electrons. The summed E-state index contributed by atoms with van der Waals surface area (Å²) >= 11 is 0. The van der Waals surface area contributed by atoms with Gasteiger partial charge in [-0.25, -0.2) is 0 Å². The first-order valence-electron chi connectivity index (χ1n) is 10.7. The molecule has 0 fully saturated rings. The summed E-state index contributed by atoms with van der Waals surface area (Å²) in [6.45, 7) is 3.72. The molecular weight excluding hydrogens is 310 g/mol. The van der Waals surface area contributed by atoms with Gasteiger partial charge in [-0.3, -0.25) is 4.79 Å². The Morgan fingerprint density at radius 2 is 1.36 bits per heavy atom. The van der Waals surface area contributed by atoms with Crippen LogP contribution in [0.3, 0.4) is 0 Å². The number of amides is 1. The highest BCUT2D eigenvalue weighted by molar-refractivity contribution is 5.75. The number of methoxy groups -OCH3 is 1. The van der Waals surface area contributed by atoms with Crippen LogP contribution in [0.2, 0.25) is 0 Å². The lowest BCUT2D eigenvalue weighted by Gasteiger charge is -2.04. The standard InChI is InChI=1S/C22H43NO2/c1-3-4-5-6-7-8-9-10-11-12-13-14-15-16-17-19-22(24)23-20-18-21-25-2/h10-11H,3-9,12-21H2,1-2H3,(H,23,24)/b11-10+. The Kier molecular flexibility index (Phi) is 20.5. The maximum Gasteiger partial charge on any atom is 0.219 e. The quantitative estimate of drug-likeness (QED) is 0.222. The lowest BCUT2D eigenvalue weighted by Crippen LogP contribution is -2.24. The minimum atomic E-state index is 0.189. The average Bonchev–Trinajstić information content (AvgIpc) is 2.62. The van der Waals surface area contributed by atoms with E-state index < -0.39 is 0 Å². The van der Waals surface area contributed by atoms with Crippen molar-refractivity contribution >= 4 is 5.91 Å². The van der Waals surface area contributed by atoms with Crippen LogP contribution < -0.4 is 5.32 Å². The van der Waals surface area contributed by atoms with Crippen molar-refractivity contribution in [3.05, 3.63) is 12.2 Å². The second-order valence-corrected chi connectivity index (χ2v) is 7.03. The van der Waals surface area contributed by atoms with Gasteiger partial charge in [0.15, 0.2) is 0 Å². The number of carbonyl (C=O) groups is 1. The normalized spacial score (nSPS) is 11.3. The van der Waals surface area contributed by atoms with Gasteiger partial charge in [-0.05, 0) is 38.5 Å². The van der Waals surface area contributed by atoms with E-state index in [2.05, 4.69) is 24.4 Å². The summed E-state index contributed by atoms with van der Waals surface area (Å²) in [7, 11) is 1.69. The van der Waals surface area contributed by atoms with Gasteiger partial charge >= 0.3 is 0 Å². The molecule has 3 heteroatoms. The number of ether oxygens (including phenoxy) is 1. The van der Waals surface area contributed by atoms with E-state index in [9.17, 15) is 4.79 Å². The Hall–Kier alpha value is -0.830. The maximum absolute atomic E-state index is 11.6. The number of rotatable bonds is 19. The largest absolute Gasteiger partial charge is 0.385 e. The summed E-state index contributed by atoms with van der Waals surface area (Å²) in [5, 5.41) is 2.94. The fourth-order valence-corrected chi connectivity index (χ4v) is 2.89. The smallest absolute Gasteiger partial charge is 0.219 e. The lowest BCUT2D eigenvalue weighted by molar-refractivity contribution is -0.121. The zero-order valence-electron chi connectivity index (χ0n) is 17.0. The molecule has 0 saturated carbocycles.